The summed E-state index contributed by atoms with van der Waals surface area (Å²) in [5, 5.41) is 8.00. The lowest BCUT2D eigenvalue weighted by molar-refractivity contribution is 1.05. The molecule has 0 amide bonds. The van der Waals surface area contributed by atoms with Gasteiger partial charge in [0.15, 0.2) is 0 Å². The Bertz CT molecular complexity index is 403. The molecule has 0 atom stereocenters. The highest BCUT2D eigenvalue weighted by atomic mass is 15.1. The summed E-state index contributed by atoms with van der Waals surface area (Å²) in [6.45, 7) is 2.65. The number of aromatic amines is 1. The molecular formula is C9H11N3. The maximum atomic E-state index is 5.58. The fourth-order valence-electron chi connectivity index (χ4n) is 1.37. The van der Waals surface area contributed by atoms with E-state index in [1.165, 1.54) is 11.1 Å². The SMILES string of the molecule is Cc1cc2[nH]ncc2cc1CN. The maximum Gasteiger partial charge on any atom is 0.0653 e. The van der Waals surface area contributed by atoms with Crippen molar-refractivity contribution in [3.8, 4) is 0 Å². The van der Waals surface area contributed by atoms with Crippen LogP contribution in [-0.2, 0) is 6.54 Å². The van der Waals surface area contributed by atoms with Crippen molar-refractivity contribution in [3.63, 3.8) is 0 Å². The van der Waals surface area contributed by atoms with E-state index in [0.717, 1.165) is 10.9 Å². The summed E-state index contributed by atoms with van der Waals surface area (Å²) >= 11 is 0. The third-order valence-electron chi connectivity index (χ3n) is 2.12. The van der Waals surface area contributed by atoms with E-state index in [-0.39, 0.29) is 0 Å². The molecule has 0 saturated carbocycles. The van der Waals surface area contributed by atoms with Crippen LogP contribution >= 0.6 is 0 Å². The summed E-state index contributed by atoms with van der Waals surface area (Å²) in [6, 6.07) is 4.15. The number of rotatable bonds is 1. The quantitative estimate of drug-likeness (QED) is 0.663. The Morgan fingerprint density at radius 1 is 1.50 bits per heavy atom. The van der Waals surface area contributed by atoms with Crippen LogP contribution in [0.4, 0.5) is 0 Å². The minimum Gasteiger partial charge on any atom is -0.326 e. The monoisotopic (exact) mass is 161 g/mol. The predicted molar refractivity (Wildman–Crippen MR) is 48.7 cm³/mol. The van der Waals surface area contributed by atoms with E-state index in [4.69, 9.17) is 5.73 Å². The van der Waals surface area contributed by atoms with Gasteiger partial charge in [-0.2, -0.15) is 5.10 Å². The molecule has 3 N–H and O–H groups in total. The van der Waals surface area contributed by atoms with E-state index in [9.17, 15) is 0 Å². The fourth-order valence-corrected chi connectivity index (χ4v) is 1.37. The molecule has 0 aliphatic heterocycles. The van der Waals surface area contributed by atoms with Gasteiger partial charge in [0.2, 0.25) is 0 Å². The number of aryl methyl sites for hydroxylation is 1. The molecule has 0 spiro atoms. The van der Waals surface area contributed by atoms with Crippen LogP contribution in [0.3, 0.4) is 0 Å². The Morgan fingerprint density at radius 2 is 2.33 bits per heavy atom. The molecule has 0 unspecified atom stereocenters. The summed E-state index contributed by atoms with van der Waals surface area (Å²) in [5.74, 6) is 0. The standard InChI is InChI=1S/C9H11N3/c1-6-2-9-8(5-11-12-9)3-7(6)4-10/h2-3,5H,4,10H2,1H3,(H,11,12). The van der Waals surface area contributed by atoms with Gasteiger partial charge in [-0.3, -0.25) is 5.10 Å². The smallest absolute Gasteiger partial charge is 0.0653 e. The Kier molecular flexibility index (Phi) is 1.59. The van der Waals surface area contributed by atoms with Crippen LogP contribution in [0.1, 0.15) is 11.1 Å². The highest BCUT2D eigenvalue weighted by Crippen LogP contribution is 2.16. The summed E-state index contributed by atoms with van der Waals surface area (Å²) in [4.78, 5) is 0. The molecule has 1 aromatic heterocycles. The Balaban J connectivity index is 2.73. The lowest BCUT2D eigenvalue weighted by Gasteiger charge is -2.01. The first kappa shape index (κ1) is 7.31. The van der Waals surface area contributed by atoms with Crippen LogP contribution in [0.15, 0.2) is 18.3 Å². The van der Waals surface area contributed by atoms with Gasteiger partial charge in [-0.15, -0.1) is 0 Å². The molecule has 3 heteroatoms. The van der Waals surface area contributed by atoms with Crippen molar-refractivity contribution in [1.82, 2.24) is 10.2 Å². The average Bonchev–Trinajstić information content (AvgIpc) is 2.49. The average molecular weight is 161 g/mol. The van der Waals surface area contributed by atoms with Gasteiger partial charge in [0, 0.05) is 11.9 Å². The summed E-state index contributed by atoms with van der Waals surface area (Å²) in [7, 11) is 0. The fraction of sp³-hybridized carbons (Fsp3) is 0.222. The van der Waals surface area contributed by atoms with Crippen molar-refractivity contribution < 1.29 is 0 Å². The molecule has 62 valence electrons. The highest BCUT2D eigenvalue weighted by molar-refractivity contribution is 5.79. The largest absolute Gasteiger partial charge is 0.326 e. The first-order chi connectivity index (χ1) is 5.81. The highest BCUT2D eigenvalue weighted by Gasteiger charge is 2.00. The van der Waals surface area contributed by atoms with Gasteiger partial charge in [0.05, 0.1) is 11.7 Å². The third kappa shape index (κ3) is 0.987. The molecule has 0 fully saturated rings. The Labute approximate surface area is 70.6 Å². The minimum absolute atomic E-state index is 0.590. The second-order valence-corrected chi connectivity index (χ2v) is 2.94. The second kappa shape index (κ2) is 2.60. The summed E-state index contributed by atoms with van der Waals surface area (Å²) in [6.07, 6.45) is 1.81. The van der Waals surface area contributed by atoms with E-state index in [2.05, 4.69) is 29.3 Å². The van der Waals surface area contributed by atoms with Crippen molar-refractivity contribution >= 4 is 10.9 Å². The zero-order valence-corrected chi connectivity index (χ0v) is 6.96. The lowest BCUT2D eigenvalue weighted by Crippen LogP contribution is -1.98. The predicted octanol–water partition coefficient (Wildman–Crippen LogP) is 1.33. The van der Waals surface area contributed by atoms with E-state index in [1.807, 2.05) is 6.20 Å². The number of nitrogens with zero attached hydrogens (tertiary/aromatic N) is 1. The van der Waals surface area contributed by atoms with E-state index in [1.54, 1.807) is 0 Å². The number of nitrogens with two attached hydrogens (primary N) is 1. The molecular weight excluding hydrogens is 150 g/mol. The van der Waals surface area contributed by atoms with Gasteiger partial charge >= 0.3 is 0 Å². The first-order valence-electron chi connectivity index (χ1n) is 3.94. The van der Waals surface area contributed by atoms with Crippen molar-refractivity contribution in [3.05, 3.63) is 29.5 Å². The van der Waals surface area contributed by atoms with Crippen LogP contribution in [0.2, 0.25) is 0 Å². The van der Waals surface area contributed by atoms with Gasteiger partial charge < -0.3 is 5.73 Å². The Hall–Kier alpha value is -1.35. The number of nitrogens with one attached hydrogen (secondary N) is 1. The van der Waals surface area contributed by atoms with Crippen molar-refractivity contribution in [2.24, 2.45) is 5.73 Å². The zero-order chi connectivity index (χ0) is 8.55. The van der Waals surface area contributed by atoms with E-state index < -0.39 is 0 Å². The second-order valence-electron chi connectivity index (χ2n) is 2.94. The molecule has 12 heavy (non-hydrogen) atoms. The van der Waals surface area contributed by atoms with Crippen LogP contribution in [0, 0.1) is 6.92 Å². The normalized spacial score (nSPS) is 10.8. The maximum absolute atomic E-state index is 5.58. The van der Waals surface area contributed by atoms with Gasteiger partial charge in [-0.1, -0.05) is 0 Å². The number of benzene rings is 1. The first-order valence-corrected chi connectivity index (χ1v) is 3.94. The van der Waals surface area contributed by atoms with Gasteiger partial charge in [0.1, 0.15) is 0 Å². The van der Waals surface area contributed by atoms with Crippen LogP contribution in [0.5, 0.6) is 0 Å². The molecule has 0 aliphatic carbocycles. The third-order valence-corrected chi connectivity index (χ3v) is 2.12. The number of fused-ring (bicyclic) bond motifs is 1. The van der Waals surface area contributed by atoms with Crippen LogP contribution in [0.25, 0.3) is 10.9 Å². The molecule has 1 heterocycles. The molecule has 1 aromatic carbocycles. The van der Waals surface area contributed by atoms with Crippen LogP contribution in [-0.4, -0.2) is 10.2 Å². The van der Waals surface area contributed by atoms with Crippen molar-refractivity contribution in [1.29, 1.82) is 0 Å². The molecule has 0 aliphatic rings. The molecule has 0 bridgehead atoms. The number of hydrogen-bond donors (Lipinski definition) is 2. The summed E-state index contributed by atoms with van der Waals surface area (Å²) < 4.78 is 0. The molecule has 0 radical (unpaired) electrons. The molecule has 2 aromatic rings. The molecule has 2 rings (SSSR count). The van der Waals surface area contributed by atoms with Crippen molar-refractivity contribution in [2.45, 2.75) is 13.5 Å². The van der Waals surface area contributed by atoms with Crippen LogP contribution < -0.4 is 5.73 Å². The topological polar surface area (TPSA) is 54.7 Å². The van der Waals surface area contributed by atoms with E-state index in [0.29, 0.717) is 6.54 Å². The van der Waals surface area contributed by atoms with E-state index >= 15 is 0 Å². The van der Waals surface area contributed by atoms with Gasteiger partial charge in [-0.25, -0.2) is 0 Å². The van der Waals surface area contributed by atoms with Gasteiger partial charge in [0.25, 0.3) is 0 Å². The number of aromatic nitrogens is 2. The number of hydrogen-bond acceptors (Lipinski definition) is 2. The minimum atomic E-state index is 0.590. The summed E-state index contributed by atoms with van der Waals surface area (Å²) in [5.41, 5.74) is 9.05. The lowest BCUT2D eigenvalue weighted by atomic mass is 10.1. The molecule has 0 saturated heterocycles. The van der Waals surface area contributed by atoms with Gasteiger partial charge in [-0.05, 0) is 30.2 Å². The zero-order valence-electron chi connectivity index (χ0n) is 6.96. The molecule has 3 nitrogen and oxygen atoms in total. The van der Waals surface area contributed by atoms with Crippen molar-refractivity contribution in [2.75, 3.05) is 0 Å². The Morgan fingerprint density at radius 3 is 3.08 bits per heavy atom. The number of H-pyrrole nitrogens is 1.